The molecule has 0 aromatic heterocycles. The minimum absolute atomic E-state index is 0.128. The van der Waals surface area contributed by atoms with Gasteiger partial charge in [-0.25, -0.2) is 8.78 Å². The highest BCUT2D eigenvalue weighted by Gasteiger charge is 2.36. The molecule has 0 aliphatic carbocycles. The number of nitrogens with zero attached hydrogens (tertiary/aromatic N) is 1. The first-order chi connectivity index (χ1) is 11.4. The number of rotatable bonds is 3. The molecule has 122 valence electrons. The predicted molar refractivity (Wildman–Crippen MR) is 78.2 cm³/mol. The van der Waals surface area contributed by atoms with Crippen molar-refractivity contribution in [1.82, 2.24) is 0 Å². The molecule has 0 radical (unpaired) electrons. The average Bonchev–Trinajstić information content (AvgIpc) is 2.55. The van der Waals surface area contributed by atoms with Gasteiger partial charge in [0, 0.05) is 17.2 Å². The number of aromatic hydroxyl groups is 1. The summed E-state index contributed by atoms with van der Waals surface area (Å²) < 4.78 is 32.4. The summed E-state index contributed by atoms with van der Waals surface area (Å²) in [7, 11) is 0. The van der Waals surface area contributed by atoms with Crippen molar-refractivity contribution in [1.29, 1.82) is 0 Å². The van der Waals surface area contributed by atoms with Crippen LogP contribution in [0.15, 0.2) is 36.0 Å². The maximum atomic E-state index is 13.7. The van der Waals surface area contributed by atoms with Gasteiger partial charge in [-0.05, 0) is 30.3 Å². The average molecular weight is 333 g/mol. The fourth-order valence-corrected chi connectivity index (χ4v) is 2.46. The fraction of sp³-hybridized carbons (Fsp3) is 0.0625. The smallest absolute Gasteiger partial charge is 0.291 e. The van der Waals surface area contributed by atoms with E-state index in [1.165, 1.54) is 6.07 Å². The zero-order valence-corrected chi connectivity index (χ0v) is 11.9. The molecule has 1 aliphatic heterocycles. The van der Waals surface area contributed by atoms with Crippen LogP contribution in [0.25, 0.3) is 6.08 Å². The Kier molecular flexibility index (Phi) is 3.72. The van der Waals surface area contributed by atoms with E-state index < -0.39 is 34.1 Å². The molecule has 0 amide bonds. The lowest BCUT2D eigenvalue weighted by Crippen LogP contribution is -2.20. The number of phenols is 1. The Labute approximate surface area is 133 Å². The number of carbonyl (C=O) groups is 1. The molecular formula is C16H9F2NO5. The number of halogens is 2. The van der Waals surface area contributed by atoms with Crippen molar-refractivity contribution < 1.29 is 28.3 Å². The second-order valence-electron chi connectivity index (χ2n) is 5.06. The summed E-state index contributed by atoms with van der Waals surface area (Å²) in [5, 5.41) is 21.4. The monoisotopic (exact) mass is 333 g/mol. The molecule has 0 bridgehead atoms. The number of ether oxygens (including phenoxy) is 1. The van der Waals surface area contributed by atoms with E-state index in [0.29, 0.717) is 0 Å². The first-order valence-electron chi connectivity index (χ1n) is 6.70. The molecule has 2 aromatic carbocycles. The Morgan fingerprint density at radius 1 is 1.21 bits per heavy atom. The summed E-state index contributed by atoms with van der Waals surface area (Å²) in [5.41, 5.74) is -1.01. The second kappa shape index (κ2) is 5.73. The number of nitro groups is 1. The van der Waals surface area contributed by atoms with Gasteiger partial charge in [-0.1, -0.05) is 0 Å². The van der Waals surface area contributed by atoms with Crippen LogP contribution in [-0.4, -0.2) is 16.3 Å². The number of fused-ring (bicyclic) bond motifs is 1. The van der Waals surface area contributed by atoms with E-state index >= 15 is 0 Å². The first kappa shape index (κ1) is 15.6. The van der Waals surface area contributed by atoms with Crippen LogP contribution in [0.1, 0.15) is 27.6 Å². The lowest BCUT2D eigenvalue weighted by molar-refractivity contribution is -0.434. The van der Waals surface area contributed by atoms with E-state index in [0.717, 1.165) is 30.3 Å². The molecule has 1 heterocycles. The minimum atomic E-state index is -1.45. The Morgan fingerprint density at radius 3 is 2.62 bits per heavy atom. The van der Waals surface area contributed by atoms with Crippen molar-refractivity contribution in [2.24, 2.45) is 0 Å². The van der Waals surface area contributed by atoms with E-state index in [9.17, 15) is 28.8 Å². The molecule has 8 heteroatoms. The van der Waals surface area contributed by atoms with Crippen molar-refractivity contribution in [3.8, 4) is 11.5 Å². The van der Waals surface area contributed by atoms with Gasteiger partial charge in [-0.15, -0.1) is 0 Å². The van der Waals surface area contributed by atoms with E-state index in [1.807, 2.05) is 0 Å². The number of hydrogen-bond donors (Lipinski definition) is 1. The van der Waals surface area contributed by atoms with Crippen LogP contribution in [0.3, 0.4) is 0 Å². The fourth-order valence-electron chi connectivity index (χ4n) is 2.46. The van der Waals surface area contributed by atoms with Crippen LogP contribution in [0.5, 0.6) is 11.5 Å². The van der Waals surface area contributed by atoms with Crippen molar-refractivity contribution in [3.05, 3.63) is 74.5 Å². The van der Waals surface area contributed by atoms with Crippen molar-refractivity contribution in [2.75, 3.05) is 0 Å². The van der Waals surface area contributed by atoms with Crippen LogP contribution in [0, 0.1) is 21.7 Å². The molecule has 1 aliphatic rings. The van der Waals surface area contributed by atoms with Crippen LogP contribution in [0.4, 0.5) is 8.78 Å². The standard InChI is InChI=1S/C16H9F2NO5/c17-10-1-2-14-8(3-10)5-13(19(22)23)16(24-14)12-6-11(18)4-9(7-20)15(12)21/h1-7,16,21H. The summed E-state index contributed by atoms with van der Waals surface area (Å²) in [6.45, 7) is 0. The minimum Gasteiger partial charge on any atom is -0.507 e. The molecular weight excluding hydrogens is 324 g/mol. The Balaban J connectivity index is 2.19. The van der Waals surface area contributed by atoms with Crippen molar-refractivity contribution in [2.45, 2.75) is 6.10 Å². The molecule has 0 saturated heterocycles. The molecule has 0 fully saturated rings. The third kappa shape index (κ3) is 2.58. The van der Waals surface area contributed by atoms with Gasteiger partial charge in [0.15, 0.2) is 6.29 Å². The van der Waals surface area contributed by atoms with Crippen LogP contribution in [0.2, 0.25) is 0 Å². The van der Waals surface area contributed by atoms with Crippen LogP contribution < -0.4 is 4.74 Å². The highest BCUT2D eigenvalue weighted by atomic mass is 19.1. The number of benzene rings is 2. The zero-order valence-electron chi connectivity index (χ0n) is 11.9. The molecule has 0 spiro atoms. The molecule has 0 saturated carbocycles. The third-order valence-electron chi connectivity index (χ3n) is 3.54. The molecule has 3 rings (SSSR count). The summed E-state index contributed by atoms with van der Waals surface area (Å²) in [6.07, 6.45) is -0.145. The van der Waals surface area contributed by atoms with E-state index in [-0.39, 0.29) is 28.7 Å². The molecule has 1 unspecified atom stereocenters. The number of carbonyl (C=O) groups excluding carboxylic acids is 1. The second-order valence-corrected chi connectivity index (χ2v) is 5.06. The van der Waals surface area contributed by atoms with E-state index in [4.69, 9.17) is 4.74 Å². The van der Waals surface area contributed by atoms with E-state index in [1.54, 1.807) is 0 Å². The van der Waals surface area contributed by atoms with Gasteiger partial charge in [-0.3, -0.25) is 14.9 Å². The Morgan fingerprint density at radius 2 is 1.96 bits per heavy atom. The summed E-state index contributed by atoms with van der Waals surface area (Å²) in [4.78, 5) is 21.4. The summed E-state index contributed by atoms with van der Waals surface area (Å²) in [5.74, 6) is -1.95. The third-order valence-corrected chi connectivity index (χ3v) is 3.54. The molecule has 24 heavy (non-hydrogen) atoms. The van der Waals surface area contributed by atoms with Gasteiger partial charge >= 0.3 is 0 Å². The Bertz CT molecular complexity index is 894. The molecule has 6 nitrogen and oxygen atoms in total. The predicted octanol–water partition coefficient (Wildman–Crippen LogP) is 3.23. The van der Waals surface area contributed by atoms with Crippen LogP contribution >= 0.6 is 0 Å². The van der Waals surface area contributed by atoms with Gasteiger partial charge in [0.2, 0.25) is 6.10 Å². The lowest BCUT2D eigenvalue weighted by Gasteiger charge is -2.23. The first-order valence-corrected chi connectivity index (χ1v) is 6.70. The van der Waals surface area contributed by atoms with Crippen molar-refractivity contribution in [3.63, 3.8) is 0 Å². The molecule has 1 N–H and O–H groups in total. The number of hydrogen-bond acceptors (Lipinski definition) is 5. The SMILES string of the molecule is O=Cc1cc(F)cc(C2Oc3ccc(F)cc3C=C2[N+](=O)[O-])c1O. The maximum absolute atomic E-state index is 13.7. The van der Waals surface area contributed by atoms with Gasteiger partial charge in [0.25, 0.3) is 5.70 Å². The number of aldehydes is 1. The summed E-state index contributed by atoms with van der Waals surface area (Å²) >= 11 is 0. The number of phenolic OH excluding ortho intramolecular Hbond substituents is 1. The largest absolute Gasteiger partial charge is 0.507 e. The Hall–Kier alpha value is -3.29. The van der Waals surface area contributed by atoms with Crippen LogP contribution in [-0.2, 0) is 0 Å². The highest BCUT2D eigenvalue weighted by Crippen LogP contribution is 2.41. The molecule has 2 aromatic rings. The highest BCUT2D eigenvalue weighted by molar-refractivity contribution is 5.80. The quantitative estimate of drug-likeness (QED) is 0.529. The lowest BCUT2D eigenvalue weighted by atomic mass is 9.98. The van der Waals surface area contributed by atoms with Gasteiger partial charge in [-0.2, -0.15) is 0 Å². The van der Waals surface area contributed by atoms with Gasteiger partial charge in [0.1, 0.15) is 23.1 Å². The van der Waals surface area contributed by atoms with E-state index in [2.05, 4.69) is 0 Å². The zero-order chi connectivity index (χ0) is 17.4. The topological polar surface area (TPSA) is 89.7 Å². The normalized spacial score (nSPS) is 15.9. The maximum Gasteiger partial charge on any atom is 0.291 e. The van der Waals surface area contributed by atoms with Gasteiger partial charge < -0.3 is 9.84 Å². The molecule has 1 atom stereocenters. The van der Waals surface area contributed by atoms with Crippen molar-refractivity contribution >= 4 is 12.4 Å². The summed E-state index contributed by atoms with van der Waals surface area (Å²) in [6, 6.07) is 5.06. The van der Waals surface area contributed by atoms with Gasteiger partial charge in [0.05, 0.1) is 10.5 Å².